The molecule has 4 aromatic heterocycles. The summed E-state index contributed by atoms with van der Waals surface area (Å²) >= 11 is 6.65. The molecule has 0 saturated carbocycles. The minimum atomic E-state index is -1.28. The Hall–Kier alpha value is -4.15. The first-order valence-electron chi connectivity index (χ1n) is 13.1. The van der Waals surface area contributed by atoms with Crippen molar-refractivity contribution in [2.45, 2.75) is 12.5 Å². The van der Waals surface area contributed by atoms with E-state index in [-0.39, 0.29) is 16.6 Å². The van der Waals surface area contributed by atoms with E-state index in [0.29, 0.717) is 39.2 Å². The van der Waals surface area contributed by atoms with Crippen molar-refractivity contribution in [3.63, 3.8) is 0 Å². The fourth-order valence-corrected chi connectivity index (χ4v) is 6.86. The van der Waals surface area contributed by atoms with Crippen LogP contribution in [0.2, 0.25) is 5.02 Å². The summed E-state index contributed by atoms with van der Waals surface area (Å²) in [7, 11) is 3.84. The molecular weight excluding hydrogens is 535 g/mol. The Morgan fingerprint density at radius 3 is 2.80 bits per heavy atom. The summed E-state index contributed by atoms with van der Waals surface area (Å²) in [4.78, 5) is 37.5. The summed E-state index contributed by atoms with van der Waals surface area (Å²) < 4.78 is 16.5. The molecule has 0 aliphatic carbocycles. The molecule has 11 heteroatoms. The van der Waals surface area contributed by atoms with Gasteiger partial charge in [0, 0.05) is 73.2 Å². The second kappa shape index (κ2) is 8.94. The minimum Gasteiger partial charge on any atom is -0.477 e. The molecule has 9 nitrogen and oxygen atoms in total. The molecule has 2 fully saturated rings. The first-order valence-corrected chi connectivity index (χ1v) is 13.5. The SMILES string of the molecule is CNc1cc(F)c(Cl)c2c1[nH]c1ncc(-c3ccc4ccc(C(=O)O)c(=O)n4c3)c(N3CC[C@H]4CN(C)C[C@H]43)c12. The number of carboxylic acid groups (broad SMARTS) is 1. The second-order valence-electron chi connectivity index (χ2n) is 10.7. The zero-order valence-electron chi connectivity index (χ0n) is 21.8. The van der Waals surface area contributed by atoms with Gasteiger partial charge >= 0.3 is 5.97 Å². The van der Waals surface area contributed by atoms with Crippen LogP contribution < -0.4 is 15.8 Å². The Bertz CT molecular complexity index is 1940. The van der Waals surface area contributed by atoms with Gasteiger partial charge in [0.15, 0.2) is 0 Å². The number of aromatic nitrogens is 3. The van der Waals surface area contributed by atoms with Gasteiger partial charge in [0.2, 0.25) is 0 Å². The number of pyridine rings is 3. The number of nitrogens with zero attached hydrogens (tertiary/aromatic N) is 4. The molecule has 2 aliphatic rings. The van der Waals surface area contributed by atoms with Crippen LogP contribution in [-0.2, 0) is 0 Å². The maximum absolute atomic E-state index is 15.1. The van der Waals surface area contributed by atoms with Crippen molar-refractivity contribution >= 4 is 56.4 Å². The molecule has 40 heavy (non-hydrogen) atoms. The molecule has 0 unspecified atom stereocenters. The number of anilines is 2. The molecule has 2 atom stereocenters. The third-order valence-electron chi connectivity index (χ3n) is 8.44. The first-order chi connectivity index (χ1) is 19.3. The number of benzene rings is 1. The van der Waals surface area contributed by atoms with E-state index in [1.54, 1.807) is 31.6 Å². The second-order valence-corrected chi connectivity index (χ2v) is 11.1. The molecule has 0 amide bonds. The Labute approximate surface area is 232 Å². The van der Waals surface area contributed by atoms with Gasteiger partial charge in [-0.25, -0.2) is 14.2 Å². The number of hydrogen-bond acceptors (Lipinski definition) is 6. The number of carbonyl (C=O) groups is 1. The number of halogens is 2. The lowest BCUT2D eigenvalue weighted by molar-refractivity contribution is 0.0694. The molecule has 204 valence electrons. The number of aromatic amines is 1. The highest BCUT2D eigenvalue weighted by Crippen LogP contribution is 2.47. The van der Waals surface area contributed by atoms with Crippen molar-refractivity contribution < 1.29 is 14.3 Å². The minimum absolute atomic E-state index is 0.0144. The van der Waals surface area contributed by atoms with Gasteiger partial charge in [-0.15, -0.1) is 0 Å². The predicted molar refractivity (Wildman–Crippen MR) is 154 cm³/mol. The quantitative estimate of drug-likeness (QED) is 0.293. The molecule has 1 aromatic carbocycles. The normalized spacial score (nSPS) is 19.2. The number of H-pyrrole nitrogens is 1. The molecule has 6 heterocycles. The van der Waals surface area contributed by atoms with Crippen molar-refractivity contribution in [1.29, 1.82) is 0 Å². The molecule has 0 radical (unpaired) electrons. The third kappa shape index (κ3) is 3.52. The van der Waals surface area contributed by atoms with Crippen molar-refractivity contribution in [2.24, 2.45) is 5.92 Å². The number of carboxylic acids is 1. The van der Waals surface area contributed by atoms with Gasteiger partial charge in [0.1, 0.15) is 17.0 Å². The molecule has 3 N–H and O–H groups in total. The predicted octanol–water partition coefficient (Wildman–Crippen LogP) is 4.67. The van der Waals surface area contributed by atoms with Crippen molar-refractivity contribution in [2.75, 3.05) is 43.9 Å². The summed E-state index contributed by atoms with van der Waals surface area (Å²) in [6.45, 7) is 2.70. The van der Waals surface area contributed by atoms with Gasteiger partial charge < -0.3 is 25.2 Å². The topological polar surface area (TPSA) is 106 Å². The maximum Gasteiger partial charge on any atom is 0.341 e. The monoisotopic (exact) mass is 560 g/mol. The summed E-state index contributed by atoms with van der Waals surface area (Å²) in [6.07, 6.45) is 4.43. The number of likely N-dealkylation sites (N-methyl/N-ethyl adjacent to an activating group) is 1. The van der Waals surface area contributed by atoms with Crippen LogP contribution in [0, 0.1) is 11.7 Å². The van der Waals surface area contributed by atoms with E-state index in [2.05, 4.69) is 27.1 Å². The summed E-state index contributed by atoms with van der Waals surface area (Å²) in [6, 6.07) is 8.23. The number of aromatic carboxylic acids is 1. The van der Waals surface area contributed by atoms with Gasteiger partial charge in [-0.2, -0.15) is 0 Å². The fraction of sp³-hybridized carbons (Fsp3) is 0.276. The van der Waals surface area contributed by atoms with E-state index in [1.807, 2.05) is 6.07 Å². The van der Waals surface area contributed by atoms with Crippen molar-refractivity contribution in [3.8, 4) is 11.1 Å². The van der Waals surface area contributed by atoms with E-state index in [0.717, 1.165) is 42.7 Å². The lowest BCUT2D eigenvalue weighted by Crippen LogP contribution is -2.35. The van der Waals surface area contributed by atoms with Gasteiger partial charge in [-0.3, -0.25) is 9.20 Å². The summed E-state index contributed by atoms with van der Waals surface area (Å²) in [5.41, 5.74) is 3.78. The Kier molecular flexibility index (Phi) is 5.55. The first kappa shape index (κ1) is 24.9. The highest BCUT2D eigenvalue weighted by molar-refractivity contribution is 6.39. The van der Waals surface area contributed by atoms with Crippen LogP contribution in [0.25, 0.3) is 38.6 Å². The van der Waals surface area contributed by atoms with Gasteiger partial charge in [0.05, 0.1) is 27.3 Å². The van der Waals surface area contributed by atoms with Crippen LogP contribution in [0.5, 0.6) is 0 Å². The van der Waals surface area contributed by atoms with E-state index in [1.165, 1.54) is 16.5 Å². The fourth-order valence-electron chi connectivity index (χ4n) is 6.61. The molecule has 0 bridgehead atoms. The van der Waals surface area contributed by atoms with Crippen LogP contribution in [0.15, 0.2) is 47.5 Å². The lowest BCUT2D eigenvalue weighted by Gasteiger charge is -2.29. The number of rotatable bonds is 4. The average molecular weight is 561 g/mol. The van der Waals surface area contributed by atoms with Crippen molar-refractivity contribution in [3.05, 3.63) is 69.5 Å². The largest absolute Gasteiger partial charge is 0.477 e. The molecule has 0 spiro atoms. The number of hydrogen-bond donors (Lipinski definition) is 3. The number of fused-ring (bicyclic) bond motifs is 5. The van der Waals surface area contributed by atoms with Crippen molar-refractivity contribution in [1.82, 2.24) is 19.3 Å². The van der Waals surface area contributed by atoms with Crippen LogP contribution >= 0.6 is 11.6 Å². The van der Waals surface area contributed by atoms with E-state index >= 15 is 4.39 Å². The van der Waals surface area contributed by atoms with Gasteiger partial charge in [-0.05, 0) is 37.6 Å². The standard InChI is InChI=1S/C29H26ClFN6O3/c1-32-20-9-19(31)24(30)22-23-26(36-8-7-15-11-35(2)13-21(15)36)18(10-33-27(23)34-25(20)22)14-3-4-16-5-6-17(29(39)40)28(38)37(16)12-14/h3-6,9-10,12,15,21,32H,7-8,11,13H2,1-2H3,(H,33,34)(H,39,40)/t15-,21+/m0/s1. The Morgan fingerprint density at radius 2 is 2.02 bits per heavy atom. The zero-order valence-corrected chi connectivity index (χ0v) is 22.6. The molecule has 7 rings (SSSR count). The summed E-state index contributed by atoms with van der Waals surface area (Å²) in [5.74, 6) is -1.32. The number of nitrogens with one attached hydrogen (secondary N) is 2. The van der Waals surface area contributed by atoms with E-state index in [4.69, 9.17) is 16.6 Å². The highest BCUT2D eigenvalue weighted by Gasteiger charge is 2.42. The molecule has 5 aromatic rings. The smallest absolute Gasteiger partial charge is 0.341 e. The highest BCUT2D eigenvalue weighted by atomic mass is 35.5. The third-order valence-corrected chi connectivity index (χ3v) is 8.81. The van der Waals surface area contributed by atoms with Crippen LogP contribution in [0.1, 0.15) is 16.8 Å². The lowest BCUT2D eigenvalue weighted by atomic mass is 10.0. The Balaban J connectivity index is 1.57. The zero-order chi connectivity index (χ0) is 27.9. The molecular formula is C29H26ClFN6O3. The molecule has 2 saturated heterocycles. The van der Waals surface area contributed by atoms with Gasteiger partial charge in [0.25, 0.3) is 5.56 Å². The van der Waals surface area contributed by atoms with E-state index in [9.17, 15) is 14.7 Å². The van der Waals surface area contributed by atoms with Gasteiger partial charge in [-0.1, -0.05) is 17.7 Å². The molecule has 2 aliphatic heterocycles. The summed E-state index contributed by atoms with van der Waals surface area (Å²) in [5, 5.41) is 13.8. The Morgan fingerprint density at radius 1 is 1.23 bits per heavy atom. The number of likely N-dealkylation sites (tertiary alicyclic amines) is 1. The van der Waals surface area contributed by atoms with E-state index < -0.39 is 17.3 Å². The average Bonchev–Trinajstić information content (AvgIpc) is 3.62. The van der Waals surface area contributed by atoms with Crippen LogP contribution in [-0.4, -0.2) is 70.1 Å². The maximum atomic E-state index is 15.1. The van der Waals surface area contributed by atoms with Crippen LogP contribution in [0.4, 0.5) is 15.8 Å². The van der Waals surface area contributed by atoms with Crippen LogP contribution in [0.3, 0.4) is 0 Å².